The van der Waals surface area contributed by atoms with E-state index in [0.29, 0.717) is 0 Å². The van der Waals surface area contributed by atoms with Crippen molar-refractivity contribution in [1.29, 1.82) is 0 Å². The number of carbonyl (C=O) groups excluding carboxylic acids is 2. The van der Waals surface area contributed by atoms with Crippen LogP contribution in [-0.2, 0) is 4.79 Å². The van der Waals surface area contributed by atoms with Crippen molar-refractivity contribution < 1.29 is 14.7 Å². The zero-order valence-electron chi connectivity index (χ0n) is 9.40. The van der Waals surface area contributed by atoms with Gasteiger partial charge in [0.25, 0.3) is 0 Å². The maximum atomic E-state index is 11.4. The molecule has 0 aliphatic heterocycles. The summed E-state index contributed by atoms with van der Waals surface area (Å²) in [7, 11) is 1.44. The first-order valence-electron chi connectivity index (χ1n) is 4.74. The Morgan fingerprint density at radius 2 is 1.80 bits per heavy atom. The summed E-state index contributed by atoms with van der Waals surface area (Å²) >= 11 is 1.33. The van der Waals surface area contributed by atoms with Gasteiger partial charge in [-0.1, -0.05) is 6.92 Å². The highest BCUT2D eigenvalue weighted by Gasteiger charge is 2.20. The van der Waals surface area contributed by atoms with Crippen LogP contribution < -0.4 is 10.6 Å². The van der Waals surface area contributed by atoms with Crippen LogP contribution in [0.25, 0.3) is 0 Å². The lowest BCUT2D eigenvalue weighted by atomic mass is 10.3. The topological polar surface area (TPSA) is 78.4 Å². The molecule has 0 aromatic carbocycles. The molecule has 0 saturated heterocycles. The van der Waals surface area contributed by atoms with Crippen molar-refractivity contribution in [2.24, 2.45) is 0 Å². The number of imide groups is 1. The molecule has 88 valence electrons. The van der Waals surface area contributed by atoms with Crippen molar-refractivity contribution in [3.63, 3.8) is 0 Å². The van der Waals surface area contributed by atoms with E-state index in [2.05, 4.69) is 10.6 Å². The minimum Gasteiger partial charge on any atom is -0.392 e. The number of amides is 3. The van der Waals surface area contributed by atoms with Gasteiger partial charge >= 0.3 is 6.03 Å². The second-order valence-corrected chi connectivity index (χ2v) is 5.02. The Morgan fingerprint density at radius 1 is 1.27 bits per heavy atom. The van der Waals surface area contributed by atoms with Crippen LogP contribution >= 0.6 is 11.8 Å². The van der Waals surface area contributed by atoms with Gasteiger partial charge in [0.1, 0.15) is 0 Å². The van der Waals surface area contributed by atoms with Crippen molar-refractivity contribution in [2.45, 2.75) is 37.4 Å². The standard InChI is InChI=1S/C9H18N2O3S/c1-5(12)6(2)15-7(3)8(13)11-9(14)10-4/h5-7,12H,1-4H3,(H2,10,11,13,14). The van der Waals surface area contributed by atoms with Gasteiger partial charge in [0.15, 0.2) is 0 Å². The SMILES string of the molecule is CNC(=O)NC(=O)C(C)SC(C)C(C)O. The summed E-state index contributed by atoms with van der Waals surface area (Å²) < 4.78 is 0. The number of nitrogens with one attached hydrogen (secondary N) is 2. The van der Waals surface area contributed by atoms with Gasteiger partial charge in [0.05, 0.1) is 11.4 Å². The Labute approximate surface area is 94.0 Å². The fourth-order valence-corrected chi connectivity index (χ4v) is 1.83. The van der Waals surface area contributed by atoms with Crippen LogP contribution in [0.4, 0.5) is 4.79 Å². The molecule has 0 bridgehead atoms. The van der Waals surface area contributed by atoms with Crippen molar-refractivity contribution in [3.8, 4) is 0 Å². The number of hydrogen-bond acceptors (Lipinski definition) is 4. The number of urea groups is 1. The Balaban J connectivity index is 4.04. The zero-order chi connectivity index (χ0) is 12.0. The maximum absolute atomic E-state index is 11.4. The highest BCUT2D eigenvalue weighted by atomic mass is 32.2. The minimum atomic E-state index is -0.517. The predicted octanol–water partition coefficient (Wildman–Crippen LogP) is 0.333. The molecule has 5 nitrogen and oxygen atoms in total. The van der Waals surface area contributed by atoms with E-state index < -0.39 is 12.1 Å². The summed E-state index contributed by atoms with van der Waals surface area (Å²) in [5.41, 5.74) is 0. The first kappa shape index (κ1) is 14.2. The lowest BCUT2D eigenvalue weighted by Gasteiger charge is -2.18. The molecule has 0 spiro atoms. The van der Waals surface area contributed by atoms with Crippen molar-refractivity contribution in [3.05, 3.63) is 0 Å². The molecule has 0 aliphatic rings. The van der Waals surface area contributed by atoms with E-state index in [9.17, 15) is 14.7 Å². The molecule has 0 heterocycles. The summed E-state index contributed by atoms with van der Waals surface area (Å²) in [6.07, 6.45) is -0.481. The second kappa shape index (κ2) is 6.68. The monoisotopic (exact) mass is 234 g/mol. The third-order valence-corrected chi connectivity index (χ3v) is 3.38. The van der Waals surface area contributed by atoms with Crippen LogP contribution in [0, 0.1) is 0 Å². The van der Waals surface area contributed by atoms with E-state index in [-0.39, 0.29) is 16.4 Å². The maximum Gasteiger partial charge on any atom is 0.321 e. The Bertz CT molecular complexity index is 233. The Kier molecular flexibility index (Phi) is 6.35. The second-order valence-electron chi connectivity index (χ2n) is 3.29. The lowest BCUT2D eigenvalue weighted by Crippen LogP contribution is -2.41. The molecule has 3 N–H and O–H groups in total. The third kappa shape index (κ3) is 5.64. The highest BCUT2D eigenvalue weighted by molar-refractivity contribution is 8.01. The van der Waals surface area contributed by atoms with E-state index in [1.165, 1.54) is 18.8 Å². The normalized spacial score (nSPS) is 16.3. The van der Waals surface area contributed by atoms with Gasteiger partial charge < -0.3 is 10.4 Å². The molecule has 0 aliphatic carbocycles. The van der Waals surface area contributed by atoms with Gasteiger partial charge in [-0.2, -0.15) is 0 Å². The summed E-state index contributed by atoms with van der Waals surface area (Å²) in [6.45, 7) is 5.20. The van der Waals surface area contributed by atoms with Gasteiger partial charge in [-0.25, -0.2) is 4.79 Å². The van der Waals surface area contributed by atoms with Crippen molar-refractivity contribution in [2.75, 3.05) is 7.05 Å². The molecule has 3 amide bonds. The van der Waals surface area contributed by atoms with E-state index in [4.69, 9.17) is 0 Å². The number of thioether (sulfide) groups is 1. The van der Waals surface area contributed by atoms with Gasteiger partial charge in [-0.15, -0.1) is 11.8 Å². The molecule has 0 aromatic rings. The smallest absolute Gasteiger partial charge is 0.321 e. The van der Waals surface area contributed by atoms with Crippen LogP contribution in [0.5, 0.6) is 0 Å². The number of rotatable bonds is 4. The van der Waals surface area contributed by atoms with E-state index in [1.54, 1.807) is 13.8 Å². The molecule has 0 radical (unpaired) electrons. The number of aliphatic hydroxyl groups excluding tert-OH is 1. The van der Waals surface area contributed by atoms with Crippen molar-refractivity contribution in [1.82, 2.24) is 10.6 Å². The molecule has 0 aromatic heterocycles. The number of hydrogen-bond donors (Lipinski definition) is 3. The fraction of sp³-hybridized carbons (Fsp3) is 0.778. The molecule has 0 saturated carbocycles. The van der Waals surface area contributed by atoms with Crippen LogP contribution in [0.15, 0.2) is 0 Å². The largest absolute Gasteiger partial charge is 0.392 e. The molecule has 6 heteroatoms. The van der Waals surface area contributed by atoms with Crippen LogP contribution in [0.1, 0.15) is 20.8 Å². The third-order valence-electron chi connectivity index (χ3n) is 1.93. The number of aliphatic hydroxyl groups is 1. The minimum absolute atomic E-state index is 0.0459. The molecule has 0 rings (SSSR count). The van der Waals surface area contributed by atoms with Gasteiger partial charge in [-0.05, 0) is 13.8 Å². The summed E-state index contributed by atoms with van der Waals surface area (Å²) in [6, 6.07) is -0.517. The average molecular weight is 234 g/mol. The fourth-order valence-electron chi connectivity index (χ4n) is 0.774. The zero-order valence-corrected chi connectivity index (χ0v) is 10.2. The quantitative estimate of drug-likeness (QED) is 0.655. The van der Waals surface area contributed by atoms with E-state index >= 15 is 0 Å². The van der Waals surface area contributed by atoms with Crippen molar-refractivity contribution >= 4 is 23.7 Å². The van der Waals surface area contributed by atoms with E-state index in [0.717, 1.165) is 0 Å². The van der Waals surface area contributed by atoms with Gasteiger partial charge in [0, 0.05) is 12.3 Å². The predicted molar refractivity (Wildman–Crippen MR) is 60.8 cm³/mol. The molecule has 3 atom stereocenters. The molecule has 3 unspecified atom stereocenters. The Morgan fingerprint density at radius 3 is 2.20 bits per heavy atom. The Hall–Kier alpha value is -0.750. The highest BCUT2D eigenvalue weighted by Crippen LogP contribution is 2.20. The lowest BCUT2D eigenvalue weighted by molar-refractivity contribution is -0.119. The summed E-state index contributed by atoms with van der Waals surface area (Å²) in [4.78, 5) is 22.2. The van der Waals surface area contributed by atoms with Crippen LogP contribution in [-0.4, -0.2) is 40.7 Å². The molecular formula is C9H18N2O3S. The molecular weight excluding hydrogens is 216 g/mol. The van der Waals surface area contributed by atoms with Crippen LogP contribution in [0.3, 0.4) is 0 Å². The molecule has 15 heavy (non-hydrogen) atoms. The summed E-state index contributed by atoms with van der Waals surface area (Å²) in [5, 5.41) is 13.3. The first-order valence-corrected chi connectivity index (χ1v) is 5.68. The van der Waals surface area contributed by atoms with Gasteiger partial charge in [-0.3, -0.25) is 10.1 Å². The van der Waals surface area contributed by atoms with Crippen LogP contribution in [0.2, 0.25) is 0 Å². The molecule has 0 fully saturated rings. The van der Waals surface area contributed by atoms with Gasteiger partial charge in [0.2, 0.25) is 5.91 Å². The average Bonchev–Trinajstić information content (AvgIpc) is 2.16. The summed E-state index contributed by atoms with van der Waals surface area (Å²) in [5.74, 6) is -0.355. The van der Waals surface area contributed by atoms with E-state index in [1.807, 2.05) is 6.92 Å². The first-order chi connectivity index (χ1) is 6.88. The number of carbonyl (C=O) groups is 2.